The van der Waals surface area contributed by atoms with Gasteiger partial charge in [-0.1, -0.05) is 121 Å². The number of phosphoric ester groups is 1. The molecule has 0 aliphatic heterocycles. The van der Waals surface area contributed by atoms with E-state index in [9.17, 15) is 34.1 Å². The standard InChI is InChI=1S/C43H76NO11P/c1-3-5-7-8-9-10-11-12-13-14-15-16-17-18-23-27-42(48)52-34-37(35-54-56(50,51)53-32-31-44)55-43(49)28-24-20-19-22-26-38-39(41(47)33-40(38)46)30-29-36(45)25-21-6-4-2/h9-10,12-13,29-30,36-40,45-46H,3-8,11,14-28,31-35,44H2,1-2H3,(H,50,51)/b10-9-,13-12-,30-29+/t36-,37+,38+,39+,40-/m0/s1. The molecular formula is C43H76NO11P. The van der Waals surface area contributed by atoms with E-state index in [1.807, 2.05) is 0 Å². The number of hydrogen-bond acceptors (Lipinski definition) is 11. The fourth-order valence-electron chi connectivity index (χ4n) is 6.63. The van der Waals surface area contributed by atoms with Gasteiger partial charge in [0, 0.05) is 31.7 Å². The molecule has 56 heavy (non-hydrogen) atoms. The van der Waals surface area contributed by atoms with Gasteiger partial charge in [0.1, 0.15) is 12.4 Å². The second kappa shape index (κ2) is 33.8. The first kappa shape index (κ1) is 51.8. The van der Waals surface area contributed by atoms with E-state index in [1.165, 1.54) is 19.3 Å². The van der Waals surface area contributed by atoms with Crippen LogP contribution in [0.15, 0.2) is 36.5 Å². The zero-order chi connectivity index (χ0) is 41.3. The molecule has 0 bridgehead atoms. The number of nitrogens with two attached hydrogens (primary N) is 1. The number of allylic oxidation sites excluding steroid dienone is 5. The number of carbonyl (C=O) groups is 3. The molecule has 1 unspecified atom stereocenters. The Bertz CT molecular complexity index is 1180. The quantitative estimate of drug-likeness (QED) is 0.0204. The summed E-state index contributed by atoms with van der Waals surface area (Å²) >= 11 is 0. The molecule has 1 aliphatic rings. The molecule has 6 atom stereocenters. The van der Waals surface area contributed by atoms with Gasteiger partial charge >= 0.3 is 19.8 Å². The number of aliphatic hydroxyl groups is 2. The van der Waals surface area contributed by atoms with Gasteiger partial charge in [-0.05, 0) is 63.7 Å². The van der Waals surface area contributed by atoms with Gasteiger partial charge in [-0.25, -0.2) is 4.57 Å². The number of rotatable bonds is 36. The highest BCUT2D eigenvalue weighted by Crippen LogP contribution is 2.43. The van der Waals surface area contributed by atoms with Crippen molar-refractivity contribution in [3.63, 3.8) is 0 Å². The summed E-state index contributed by atoms with van der Waals surface area (Å²) in [4.78, 5) is 47.6. The Morgan fingerprint density at radius 3 is 2.11 bits per heavy atom. The van der Waals surface area contributed by atoms with E-state index in [0.29, 0.717) is 32.1 Å². The summed E-state index contributed by atoms with van der Waals surface area (Å²) < 4.78 is 32.7. The van der Waals surface area contributed by atoms with Crippen molar-refractivity contribution in [1.29, 1.82) is 0 Å². The van der Waals surface area contributed by atoms with E-state index in [0.717, 1.165) is 77.0 Å². The average molecular weight is 814 g/mol. The topological polar surface area (TPSA) is 192 Å². The summed E-state index contributed by atoms with van der Waals surface area (Å²) in [5.41, 5.74) is 5.34. The lowest BCUT2D eigenvalue weighted by Crippen LogP contribution is -2.29. The third-order valence-electron chi connectivity index (χ3n) is 9.91. The summed E-state index contributed by atoms with van der Waals surface area (Å²) in [5, 5.41) is 20.7. The normalized spacial score (nSPS) is 19.6. The molecule has 0 aromatic rings. The van der Waals surface area contributed by atoms with Gasteiger partial charge in [0.25, 0.3) is 0 Å². The summed E-state index contributed by atoms with van der Waals surface area (Å²) in [5.74, 6) is -1.60. The molecule has 5 N–H and O–H groups in total. The van der Waals surface area contributed by atoms with Crippen LogP contribution in [0.3, 0.4) is 0 Å². The molecule has 0 heterocycles. The Hall–Kier alpha value is -2.18. The number of ether oxygens (including phenoxy) is 2. The van der Waals surface area contributed by atoms with Crippen molar-refractivity contribution < 1.29 is 52.6 Å². The van der Waals surface area contributed by atoms with Crippen LogP contribution in [0.1, 0.15) is 162 Å². The first-order valence-electron chi connectivity index (χ1n) is 21.6. The van der Waals surface area contributed by atoms with Crippen LogP contribution in [0.2, 0.25) is 0 Å². The van der Waals surface area contributed by atoms with E-state index in [1.54, 1.807) is 12.2 Å². The number of Topliss-reactive ketones (excluding diaryl/α,β-unsaturated/α-hetero) is 1. The van der Waals surface area contributed by atoms with E-state index in [4.69, 9.17) is 24.3 Å². The Kier molecular flexibility index (Phi) is 31.2. The second-order valence-corrected chi connectivity index (χ2v) is 16.4. The zero-order valence-electron chi connectivity index (χ0n) is 34.6. The largest absolute Gasteiger partial charge is 0.472 e. The maximum Gasteiger partial charge on any atom is 0.472 e. The summed E-state index contributed by atoms with van der Waals surface area (Å²) in [6, 6.07) is 0. The maximum absolute atomic E-state index is 12.7. The van der Waals surface area contributed by atoms with E-state index >= 15 is 0 Å². The lowest BCUT2D eigenvalue weighted by Gasteiger charge is -2.20. The predicted molar refractivity (Wildman–Crippen MR) is 221 cm³/mol. The van der Waals surface area contributed by atoms with Crippen molar-refractivity contribution >= 4 is 25.5 Å². The van der Waals surface area contributed by atoms with E-state index in [-0.39, 0.29) is 50.7 Å². The minimum absolute atomic E-state index is 0.00325. The van der Waals surface area contributed by atoms with Gasteiger partial charge in [0.2, 0.25) is 0 Å². The van der Waals surface area contributed by atoms with Crippen LogP contribution in [-0.4, -0.2) is 77.5 Å². The maximum atomic E-state index is 12.7. The highest BCUT2D eigenvalue weighted by Gasteiger charge is 2.39. The Morgan fingerprint density at radius 1 is 0.821 bits per heavy atom. The third kappa shape index (κ3) is 27.5. The second-order valence-electron chi connectivity index (χ2n) is 15.0. The summed E-state index contributed by atoms with van der Waals surface area (Å²) in [7, 11) is -4.45. The molecule has 12 nitrogen and oxygen atoms in total. The number of esters is 2. The van der Waals surface area contributed by atoms with Crippen LogP contribution in [0, 0.1) is 11.8 Å². The van der Waals surface area contributed by atoms with Crippen molar-refractivity contribution in [2.45, 2.75) is 180 Å². The molecule has 1 rings (SSSR count). The SMILES string of the molecule is CCCCC/C=C\C/C=C\CCCCCCCC(=O)OC[C@H](COP(=O)(O)OCCN)OC(=O)CCCCCC[C@H]1[C@@H](O)CC(=O)[C@@H]1/C=C/[C@@H](O)CCCCC. The Labute approximate surface area is 337 Å². The third-order valence-corrected chi connectivity index (χ3v) is 10.9. The Morgan fingerprint density at radius 2 is 1.43 bits per heavy atom. The fourth-order valence-corrected chi connectivity index (χ4v) is 7.39. The van der Waals surface area contributed by atoms with Gasteiger partial charge in [0.15, 0.2) is 6.10 Å². The van der Waals surface area contributed by atoms with Crippen LogP contribution < -0.4 is 5.73 Å². The number of aliphatic hydroxyl groups excluding tert-OH is 2. The number of hydrogen-bond donors (Lipinski definition) is 4. The fraction of sp³-hybridized carbons (Fsp3) is 0.791. The molecule has 0 aromatic carbocycles. The number of ketones is 1. The first-order valence-corrected chi connectivity index (χ1v) is 23.1. The summed E-state index contributed by atoms with van der Waals surface area (Å²) in [6.45, 7) is 3.30. The van der Waals surface area contributed by atoms with Gasteiger partial charge in [-0.2, -0.15) is 0 Å². The van der Waals surface area contributed by atoms with Crippen LogP contribution in [0.4, 0.5) is 0 Å². The smallest absolute Gasteiger partial charge is 0.462 e. The van der Waals surface area contributed by atoms with Crippen LogP contribution in [0.5, 0.6) is 0 Å². The van der Waals surface area contributed by atoms with Crippen molar-refractivity contribution in [1.82, 2.24) is 0 Å². The number of phosphoric acid groups is 1. The van der Waals surface area contributed by atoms with Gasteiger partial charge < -0.3 is 30.3 Å². The molecule has 1 saturated carbocycles. The van der Waals surface area contributed by atoms with Crippen molar-refractivity contribution in [2.24, 2.45) is 17.6 Å². The van der Waals surface area contributed by atoms with Gasteiger partial charge in [-0.15, -0.1) is 0 Å². The predicted octanol–water partition coefficient (Wildman–Crippen LogP) is 8.75. The molecular weight excluding hydrogens is 737 g/mol. The highest BCUT2D eigenvalue weighted by atomic mass is 31.2. The monoisotopic (exact) mass is 814 g/mol. The van der Waals surface area contributed by atoms with Crippen molar-refractivity contribution in [2.75, 3.05) is 26.4 Å². The lowest BCUT2D eigenvalue weighted by molar-refractivity contribution is -0.161. The van der Waals surface area contributed by atoms with E-state index < -0.39 is 50.6 Å². The van der Waals surface area contributed by atoms with Gasteiger partial charge in [-0.3, -0.25) is 23.4 Å². The number of carbonyl (C=O) groups excluding carboxylic acids is 3. The molecule has 0 amide bonds. The van der Waals surface area contributed by atoms with Crippen LogP contribution in [0.25, 0.3) is 0 Å². The first-order chi connectivity index (χ1) is 27.0. The van der Waals surface area contributed by atoms with Gasteiger partial charge in [0.05, 0.1) is 25.4 Å². The van der Waals surface area contributed by atoms with Crippen molar-refractivity contribution in [3.8, 4) is 0 Å². The minimum atomic E-state index is -4.45. The molecule has 1 aliphatic carbocycles. The highest BCUT2D eigenvalue weighted by molar-refractivity contribution is 7.47. The van der Waals surface area contributed by atoms with Crippen LogP contribution in [-0.2, 0) is 37.5 Å². The molecule has 1 fully saturated rings. The van der Waals surface area contributed by atoms with Crippen LogP contribution >= 0.6 is 7.82 Å². The molecule has 0 spiro atoms. The molecule has 0 saturated heterocycles. The summed E-state index contributed by atoms with van der Waals surface area (Å²) in [6.07, 6.45) is 29.3. The Balaban J connectivity index is 2.40. The number of unbranched alkanes of at least 4 members (excludes halogenated alkanes) is 13. The molecule has 0 radical (unpaired) electrons. The van der Waals surface area contributed by atoms with Crippen molar-refractivity contribution in [3.05, 3.63) is 36.5 Å². The van der Waals surface area contributed by atoms with E-state index in [2.05, 4.69) is 38.2 Å². The molecule has 13 heteroatoms. The zero-order valence-corrected chi connectivity index (χ0v) is 35.5. The molecule has 0 aromatic heterocycles. The lowest BCUT2D eigenvalue weighted by atomic mass is 9.88. The average Bonchev–Trinajstić information content (AvgIpc) is 3.44. The minimum Gasteiger partial charge on any atom is -0.462 e. The molecule has 324 valence electrons.